The molecule has 3 aromatic rings. The SMILES string of the molecule is O=c1c(-c2ccccc2)ccnn1CC1CCCN(Cc2ccccc2)C1. The Balaban J connectivity index is 1.47. The van der Waals surface area contributed by atoms with E-state index < -0.39 is 0 Å². The van der Waals surface area contributed by atoms with Crippen molar-refractivity contribution in [1.82, 2.24) is 14.7 Å². The summed E-state index contributed by atoms with van der Waals surface area (Å²) in [5, 5.41) is 4.35. The second-order valence-electron chi connectivity index (χ2n) is 7.33. The normalized spacial score (nSPS) is 17.7. The van der Waals surface area contributed by atoms with Gasteiger partial charge in [0.1, 0.15) is 0 Å². The van der Waals surface area contributed by atoms with Crippen molar-refractivity contribution in [2.45, 2.75) is 25.9 Å². The molecule has 0 bridgehead atoms. The molecule has 2 heterocycles. The molecule has 0 radical (unpaired) electrons. The molecule has 2 aromatic carbocycles. The van der Waals surface area contributed by atoms with Gasteiger partial charge in [-0.3, -0.25) is 9.69 Å². The van der Waals surface area contributed by atoms with E-state index in [9.17, 15) is 4.79 Å². The van der Waals surface area contributed by atoms with Crippen molar-refractivity contribution in [3.63, 3.8) is 0 Å². The van der Waals surface area contributed by atoms with Crippen molar-refractivity contribution >= 4 is 0 Å². The summed E-state index contributed by atoms with van der Waals surface area (Å²) in [7, 11) is 0. The van der Waals surface area contributed by atoms with Crippen LogP contribution in [-0.4, -0.2) is 27.8 Å². The van der Waals surface area contributed by atoms with E-state index in [4.69, 9.17) is 0 Å². The van der Waals surface area contributed by atoms with E-state index in [1.165, 1.54) is 12.0 Å². The van der Waals surface area contributed by atoms with Gasteiger partial charge < -0.3 is 0 Å². The van der Waals surface area contributed by atoms with Crippen LogP contribution >= 0.6 is 0 Å². The Kier molecular flexibility index (Phi) is 5.45. The van der Waals surface area contributed by atoms with E-state index >= 15 is 0 Å². The molecule has 1 unspecified atom stereocenters. The van der Waals surface area contributed by atoms with Crippen LogP contribution in [0.25, 0.3) is 11.1 Å². The van der Waals surface area contributed by atoms with Crippen LogP contribution in [0.5, 0.6) is 0 Å². The van der Waals surface area contributed by atoms with Gasteiger partial charge in [0.05, 0.1) is 5.56 Å². The quantitative estimate of drug-likeness (QED) is 0.695. The molecule has 4 rings (SSSR count). The molecule has 4 heteroatoms. The molecule has 1 atom stereocenters. The first kappa shape index (κ1) is 17.7. The van der Waals surface area contributed by atoms with Gasteiger partial charge in [-0.15, -0.1) is 0 Å². The Morgan fingerprint density at radius 1 is 0.963 bits per heavy atom. The van der Waals surface area contributed by atoms with Gasteiger partial charge in [0, 0.05) is 25.8 Å². The summed E-state index contributed by atoms with van der Waals surface area (Å²) >= 11 is 0. The molecule has 27 heavy (non-hydrogen) atoms. The van der Waals surface area contributed by atoms with Crippen LogP contribution < -0.4 is 5.56 Å². The number of hydrogen-bond donors (Lipinski definition) is 0. The van der Waals surface area contributed by atoms with Gasteiger partial charge in [0.15, 0.2) is 0 Å². The highest BCUT2D eigenvalue weighted by molar-refractivity contribution is 5.61. The zero-order valence-electron chi connectivity index (χ0n) is 15.5. The first-order valence-electron chi connectivity index (χ1n) is 9.67. The highest BCUT2D eigenvalue weighted by Gasteiger charge is 2.21. The lowest BCUT2D eigenvalue weighted by atomic mass is 9.97. The Hall–Kier alpha value is -2.72. The fraction of sp³-hybridized carbons (Fsp3) is 0.304. The van der Waals surface area contributed by atoms with Gasteiger partial charge in [-0.05, 0) is 42.5 Å². The van der Waals surface area contributed by atoms with E-state index in [2.05, 4.69) is 40.3 Å². The number of piperidine rings is 1. The average Bonchev–Trinajstić information content (AvgIpc) is 2.71. The summed E-state index contributed by atoms with van der Waals surface area (Å²) in [4.78, 5) is 15.4. The van der Waals surface area contributed by atoms with Crippen LogP contribution in [0, 0.1) is 5.92 Å². The largest absolute Gasteiger partial charge is 0.299 e. The number of nitrogens with zero attached hydrogens (tertiary/aromatic N) is 3. The molecule has 0 amide bonds. The second-order valence-corrected chi connectivity index (χ2v) is 7.33. The molecule has 0 N–H and O–H groups in total. The van der Waals surface area contributed by atoms with Gasteiger partial charge in [0.25, 0.3) is 5.56 Å². The van der Waals surface area contributed by atoms with Crippen molar-refractivity contribution in [3.8, 4) is 11.1 Å². The van der Waals surface area contributed by atoms with Gasteiger partial charge in [-0.2, -0.15) is 5.10 Å². The highest BCUT2D eigenvalue weighted by Crippen LogP contribution is 2.20. The van der Waals surface area contributed by atoms with Gasteiger partial charge in [-0.25, -0.2) is 4.68 Å². The van der Waals surface area contributed by atoms with Crippen LogP contribution in [0.15, 0.2) is 77.7 Å². The second kappa shape index (κ2) is 8.31. The summed E-state index contributed by atoms with van der Waals surface area (Å²) in [6.07, 6.45) is 4.06. The van der Waals surface area contributed by atoms with E-state index in [0.29, 0.717) is 12.5 Å². The van der Waals surface area contributed by atoms with E-state index in [1.54, 1.807) is 10.9 Å². The number of aromatic nitrogens is 2. The maximum absolute atomic E-state index is 12.9. The number of benzene rings is 2. The third-order valence-electron chi connectivity index (χ3n) is 5.28. The van der Waals surface area contributed by atoms with Crippen LogP contribution in [-0.2, 0) is 13.1 Å². The molecular weight excluding hydrogens is 334 g/mol. The molecule has 1 aliphatic rings. The Morgan fingerprint density at radius 2 is 1.70 bits per heavy atom. The molecule has 4 nitrogen and oxygen atoms in total. The van der Waals surface area contributed by atoms with Crippen LogP contribution in [0.1, 0.15) is 18.4 Å². The minimum Gasteiger partial charge on any atom is -0.299 e. The minimum absolute atomic E-state index is 0.00360. The maximum atomic E-state index is 12.9. The Labute approximate surface area is 160 Å². The van der Waals surface area contributed by atoms with Crippen LogP contribution in [0.4, 0.5) is 0 Å². The summed E-state index contributed by atoms with van der Waals surface area (Å²) in [6.45, 7) is 3.80. The van der Waals surface area contributed by atoms with Crippen LogP contribution in [0.2, 0.25) is 0 Å². The number of rotatable bonds is 5. The van der Waals surface area contributed by atoms with Gasteiger partial charge >= 0.3 is 0 Å². The predicted octanol–water partition coefficient (Wildman–Crippen LogP) is 3.82. The summed E-state index contributed by atoms with van der Waals surface area (Å²) in [5.74, 6) is 0.457. The Morgan fingerprint density at radius 3 is 2.48 bits per heavy atom. The lowest BCUT2D eigenvalue weighted by molar-refractivity contribution is 0.152. The lowest BCUT2D eigenvalue weighted by Crippen LogP contribution is -2.38. The van der Waals surface area contributed by atoms with Gasteiger partial charge in [-0.1, -0.05) is 60.7 Å². The van der Waals surface area contributed by atoms with Gasteiger partial charge in [0.2, 0.25) is 0 Å². The first-order valence-corrected chi connectivity index (χ1v) is 9.67. The average molecular weight is 359 g/mol. The minimum atomic E-state index is 0.00360. The number of hydrogen-bond acceptors (Lipinski definition) is 3. The van der Waals surface area contributed by atoms with E-state index in [-0.39, 0.29) is 5.56 Å². The lowest BCUT2D eigenvalue weighted by Gasteiger charge is -2.32. The molecule has 1 fully saturated rings. The van der Waals surface area contributed by atoms with Crippen LogP contribution in [0.3, 0.4) is 0 Å². The third-order valence-corrected chi connectivity index (χ3v) is 5.28. The van der Waals surface area contributed by atoms with E-state index in [0.717, 1.165) is 37.2 Å². The third kappa shape index (κ3) is 4.34. The molecule has 0 saturated carbocycles. The standard InChI is InChI=1S/C23H25N3O/c27-23-22(21-11-5-2-6-12-21)13-14-24-26(23)18-20-10-7-15-25(17-20)16-19-8-3-1-4-9-19/h1-6,8-9,11-14,20H,7,10,15-18H2. The molecule has 1 aromatic heterocycles. The van der Waals surface area contributed by atoms with E-state index in [1.807, 2.05) is 36.4 Å². The molecule has 0 aliphatic carbocycles. The molecule has 138 valence electrons. The fourth-order valence-electron chi connectivity index (χ4n) is 3.95. The van der Waals surface area contributed by atoms with Crippen molar-refractivity contribution in [2.24, 2.45) is 5.92 Å². The smallest absolute Gasteiger partial charge is 0.274 e. The number of likely N-dealkylation sites (tertiary alicyclic amines) is 1. The zero-order chi connectivity index (χ0) is 18.5. The molecule has 1 aliphatic heterocycles. The maximum Gasteiger partial charge on any atom is 0.274 e. The molecule has 0 spiro atoms. The van der Waals surface area contributed by atoms with Crippen molar-refractivity contribution in [2.75, 3.05) is 13.1 Å². The topological polar surface area (TPSA) is 38.1 Å². The first-order chi connectivity index (χ1) is 13.3. The molecule has 1 saturated heterocycles. The zero-order valence-corrected chi connectivity index (χ0v) is 15.5. The van der Waals surface area contributed by atoms with Crippen molar-refractivity contribution in [1.29, 1.82) is 0 Å². The Bertz CT molecular complexity index is 921. The van der Waals surface area contributed by atoms with Crippen molar-refractivity contribution < 1.29 is 0 Å². The highest BCUT2D eigenvalue weighted by atomic mass is 16.1. The molecular formula is C23H25N3O. The monoisotopic (exact) mass is 359 g/mol. The summed E-state index contributed by atoms with van der Waals surface area (Å²) < 4.78 is 1.65. The van der Waals surface area contributed by atoms with Crippen molar-refractivity contribution in [3.05, 3.63) is 88.8 Å². The summed E-state index contributed by atoms with van der Waals surface area (Å²) in [5.41, 5.74) is 3.03. The fourth-order valence-corrected chi connectivity index (χ4v) is 3.95. The summed E-state index contributed by atoms with van der Waals surface area (Å²) in [6, 6.07) is 22.3. The predicted molar refractivity (Wildman–Crippen MR) is 108 cm³/mol.